The first-order valence-corrected chi connectivity index (χ1v) is 13.1. The van der Waals surface area contributed by atoms with Crippen molar-refractivity contribution in [2.24, 2.45) is 0 Å². The molecule has 4 nitrogen and oxygen atoms in total. The van der Waals surface area contributed by atoms with E-state index in [0.29, 0.717) is 28.6 Å². The summed E-state index contributed by atoms with van der Waals surface area (Å²) >= 11 is 13.4. The van der Waals surface area contributed by atoms with Crippen molar-refractivity contribution in [2.75, 3.05) is 5.75 Å². The van der Waals surface area contributed by atoms with Gasteiger partial charge >= 0.3 is 0 Å². The molecule has 0 spiro atoms. The van der Waals surface area contributed by atoms with Gasteiger partial charge in [0.2, 0.25) is 11.8 Å². The molecule has 2 aromatic carbocycles. The van der Waals surface area contributed by atoms with Gasteiger partial charge in [-0.3, -0.25) is 9.59 Å². The Hall–Kier alpha value is -1.76. The van der Waals surface area contributed by atoms with E-state index in [1.54, 1.807) is 29.2 Å². The van der Waals surface area contributed by atoms with Crippen LogP contribution >= 0.6 is 35.0 Å². The lowest BCUT2D eigenvalue weighted by Crippen LogP contribution is -2.51. The van der Waals surface area contributed by atoms with Crippen LogP contribution in [-0.2, 0) is 21.9 Å². The average Bonchev–Trinajstić information content (AvgIpc) is 3.30. The minimum Gasteiger partial charge on any atom is -0.352 e. The lowest BCUT2D eigenvalue weighted by Gasteiger charge is -2.31. The zero-order chi connectivity index (χ0) is 23.8. The first-order valence-electron chi connectivity index (χ1n) is 11.2. The summed E-state index contributed by atoms with van der Waals surface area (Å²) < 4.78 is 14.1. The summed E-state index contributed by atoms with van der Waals surface area (Å²) in [6.07, 6.45) is 4.69. The molecule has 3 rings (SSSR count). The SMILES string of the molecule is CC[C@@H](C(=O)NC1CCCC1)N(Cc1ccc(Cl)cc1)C(=O)CSCc1c(F)cccc1Cl. The Morgan fingerprint density at radius 3 is 2.48 bits per heavy atom. The second-order valence-electron chi connectivity index (χ2n) is 8.26. The van der Waals surface area contributed by atoms with Crippen molar-refractivity contribution in [3.63, 3.8) is 0 Å². The summed E-state index contributed by atoms with van der Waals surface area (Å²) in [7, 11) is 0. The van der Waals surface area contributed by atoms with Crippen LogP contribution in [0.2, 0.25) is 10.0 Å². The second-order valence-corrected chi connectivity index (χ2v) is 10.1. The predicted octanol–water partition coefficient (Wildman–Crippen LogP) is 6.23. The normalized spacial score (nSPS) is 14.8. The molecule has 33 heavy (non-hydrogen) atoms. The number of nitrogens with zero attached hydrogens (tertiary/aromatic N) is 1. The van der Waals surface area contributed by atoms with Gasteiger partial charge in [-0.2, -0.15) is 0 Å². The van der Waals surface area contributed by atoms with E-state index in [4.69, 9.17) is 23.2 Å². The van der Waals surface area contributed by atoms with E-state index in [0.717, 1.165) is 31.2 Å². The molecule has 1 atom stereocenters. The molecule has 1 aliphatic carbocycles. The molecule has 1 aliphatic rings. The topological polar surface area (TPSA) is 49.4 Å². The molecule has 0 aromatic heterocycles. The molecular formula is C25H29Cl2FN2O2S. The fourth-order valence-corrected chi connectivity index (χ4v) is 5.44. The Morgan fingerprint density at radius 2 is 1.85 bits per heavy atom. The first kappa shape index (κ1) is 25.9. The molecule has 0 saturated heterocycles. The average molecular weight is 511 g/mol. The summed E-state index contributed by atoms with van der Waals surface area (Å²) in [4.78, 5) is 28.0. The summed E-state index contributed by atoms with van der Waals surface area (Å²) in [5.41, 5.74) is 1.27. The zero-order valence-corrected chi connectivity index (χ0v) is 21.0. The molecule has 0 unspecified atom stereocenters. The number of halogens is 3. The second kappa shape index (κ2) is 12.6. The van der Waals surface area contributed by atoms with E-state index >= 15 is 0 Å². The van der Waals surface area contributed by atoms with E-state index in [1.807, 2.05) is 19.1 Å². The molecule has 2 amide bonds. The van der Waals surface area contributed by atoms with Gasteiger partial charge in [0.25, 0.3) is 0 Å². The molecule has 0 radical (unpaired) electrons. The molecule has 0 heterocycles. The molecule has 1 saturated carbocycles. The smallest absolute Gasteiger partial charge is 0.243 e. The number of amides is 2. The highest BCUT2D eigenvalue weighted by Crippen LogP contribution is 2.25. The molecule has 0 bridgehead atoms. The van der Waals surface area contributed by atoms with Crippen molar-refractivity contribution in [3.8, 4) is 0 Å². The predicted molar refractivity (Wildman–Crippen MR) is 134 cm³/mol. The molecule has 1 fully saturated rings. The van der Waals surface area contributed by atoms with E-state index in [-0.39, 0.29) is 35.2 Å². The Bertz CT molecular complexity index is 932. The van der Waals surface area contributed by atoms with E-state index in [2.05, 4.69) is 5.32 Å². The van der Waals surface area contributed by atoms with Crippen molar-refractivity contribution < 1.29 is 14.0 Å². The minimum absolute atomic E-state index is 0.117. The number of benzene rings is 2. The van der Waals surface area contributed by atoms with Gasteiger partial charge in [-0.1, -0.05) is 61.2 Å². The van der Waals surface area contributed by atoms with Crippen LogP contribution in [0.25, 0.3) is 0 Å². The number of carbonyl (C=O) groups excluding carboxylic acids is 2. The minimum atomic E-state index is -0.577. The van der Waals surface area contributed by atoms with E-state index < -0.39 is 6.04 Å². The highest BCUT2D eigenvalue weighted by molar-refractivity contribution is 7.99. The van der Waals surface area contributed by atoms with E-state index in [1.165, 1.54) is 17.8 Å². The van der Waals surface area contributed by atoms with Crippen LogP contribution in [-0.4, -0.2) is 34.6 Å². The standard InChI is InChI=1S/C25H29Cl2FN2O2S/c1-2-23(25(32)29-19-6-3-4-7-19)30(14-17-10-12-18(26)13-11-17)24(31)16-33-15-20-21(27)8-5-9-22(20)28/h5,8-13,19,23H,2-4,6-7,14-16H2,1H3,(H,29,32)/t23-/m0/s1. The third-order valence-corrected chi connectivity index (χ3v) is 7.44. The maximum atomic E-state index is 14.1. The summed E-state index contributed by atoms with van der Waals surface area (Å²) in [6.45, 7) is 2.21. The lowest BCUT2D eigenvalue weighted by atomic mass is 10.1. The Labute approximate surface area is 209 Å². The van der Waals surface area contributed by atoms with Gasteiger partial charge in [0.05, 0.1) is 5.75 Å². The van der Waals surface area contributed by atoms with Crippen molar-refractivity contribution >= 4 is 46.8 Å². The number of hydrogen-bond acceptors (Lipinski definition) is 3. The van der Waals surface area contributed by atoms with Gasteiger partial charge in [0.1, 0.15) is 11.9 Å². The third-order valence-electron chi connectivity index (χ3n) is 5.89. The molecular weight excluding hydrogens is 482 g/mol. The van der Waals surface area contributed by atoms with Crippen LogP contribution in [0.15, 0.2) is 42.5 Å². The number of thioether (sulfide) groups is 1. The molecule has 0 aliphatic heterocycles. The molecule has 1 N–H and O–H groups in total. The number of rotatable bonds is 10. The van der Waals surface area contributed by atoms with Crippen molar-refractivity contribution in [1.82, 2.24) is 10.2 Å². The van der Waals surface area contributed by atoms with Gasteiger partial charge in [0, 0.05) is 33.9 Å². The Balaban J connectivity index is 1.72. The maximum absolute atomic E-state index is 14.1. The fourth-order valence-electron chi connectivity index (χ4n) is 4.07. The Morgan fingerprint density at radius 1 is 1.15 bits per heavy atom. The summed E-state index contributed by atoms with van der Waals surface area (Å²) in [6, 6.07) is 11.4. The highest BCUT2D eigenvalue weighted by atomic mass is 35.5. The number of hydrogen-bond donors (Lipinski definition) is 1. The third kappa shape index (κ3) is 7.36. The number of carbonyl (C=O) groups is 2. The van der Waals surface area contributed by atoms with Crippen LogP contribution in [0, 0.1) is 5.82 Å². The highest BCUT2D eigenvalue weighted by Gasteiger charge is 2.30. The van der Waals surface area contributed by atoms with Crippen LogP contribution in [0.5, 0.6) is 0 Å². The fraction of sp³-hybridized carbons (Fsp3) is 0.440. The van der Waals surface area contributed by atoms with Crippen molar-refractivity contribution in [2.45, 2.75) is 63.4 Å². The molecule has 2 aromatic rings. The van der Waals surface area contributed by atoms with Crippen molar-refractivity contribution in [1.29, 1.82) is 0 Å². The van der Waals surface area contributed by atoms with Crippen LogP contribution in [0.4, 0.5) is 4.39 Å². The largest absolute Gasteiger partial charge is 0.352 e. The quantitative estimate of drug-likeness (QED) is 0.411. The van der Waals surface area contributed by atoms with Crippen LogP contribution < -0.4 is 5.32 Å². The van der Waals surface area contributed by atoms with Gasteiger partial charge < -0.3 is 10.2 Å². The Kier molecular flexibility index (Phi) is 9.90. The summed E-state index contributed by atoms with van der Waals surface area (Å²) in [5, 5.41) is 4.08. The number of nitrogens with one attached hydrogen (secondary N) is 1. The van der Waals surface area contributed by atoms with Gasteiger partial charge in [-0.05, 0) is 49.1 Å². The van der Waals surface area contributed by atoms with Crippen LogP contribution in [0.1, 0.15) is 50.2 Å². The summed E-state index contributed by atoms with van der Waals surface area (Å²) in [5.74, 6) is -0.282. The lowest BCUT2D eigenvalue weighted by molar-refractivity contribution is -0.139. The first-order chi connectivity index (χ1) is 15.9. The monoisotopic (exact) mass is 510 g/mol. The maximum Gasteiger partial charge on any atom is 0.243 e. The van der Waals surface area contributed by atoms with Gasteiger partial charge in [-0.25, -0.2) is 4.39 Å². The van der Waals surface area contributed by atoms with Gasteiger partial charge in [-0.15, -0.1) is 11.8 Å². The zero-order valence-electron chi connectivity index (χ0n) is 18.7. The van der Waals surface area contributed by atoms with E-state index in [9.17, 15) is 14.0 Å². The van der Waals surface area contributed by atoms with Crippen LogP contribution in [0.3, 0.4) is 0 Å². The molecule has 8 heteroatoms. The molecule has 178 valence electrons. The van der Waals surface area contributed by atoms with Gasteiger partial charge in [0.15, 0.2) is 0 Å². The van der Waals surface area contributed by atoms with Crippen molar-refractivity contribution in [3.05, 3.63) is 69.5 Å².